The highest BCUT2D eigenvalue weighted by Crippen LogP contribution is 2.10. The molecule has 0 fully saturated rings. The van der Waals surface area contributed by atoms with E-state index in [1.807, 2.05) is 62.6 Å². The monoisotopic (exact) mass is 443 g/mol. The smallest absolute Gasteiger partial charge is 0.407 e. The minimum Gasteiger partial charge on any atom is -0.444 e. The van der Waals surface area contributed by atoms with Gasteiger partial charge in [0.05, 0.1) is 0 Å². The van der Waals surface area contributed by atoms with Crippen molar-refractivity contribution in [2.75, 3.05) is 13.1 Å². The number of carbonyl (C=O) groups is 1. The lowest BCUT2D eigenvalue weighted by atomic mass is 10.1. The van der Waals surface area contributed by atoms with Crippen LogP contribution in [0, 0.1) is 0 Å². The van der Waals surface area contributed by atoms with Gasteiger partial charge in [0.15, 0.2) is 11.8 Å². The van der Waals surface area contributed by atoms with Crippen molar-refractivity contribution in [2.45, 2.75) is 72.1 Å². The van der Waals surface area contributed by atoms with Gasteiger partial charge in [0.25, 0.3) is 0 Å². The molecule has 1 heterocycles. The fraction of sp³-hybridized carbons (Fsp3) is 0.565. The van der Waals surface area contributed by atoms with Crippen molar-refractivity contribution < 1.29 is 9.53 Å². The Morgan fingerprint density at radius 2 is 1.94 bits per heavy atom. The fourth-order valence-corrected chi connectivity index (χ4v) is 3.03. The predicted octanol–water partition coefficient (Wildman–Crippen LogP) is 3.41. The topological polar surface area (TPSA) is 105 Å². The lowest BCUT2D eigenvalue weighted by molar-refractivity contribution is 0.0522. The summed E-state index contributed by atoms with van der Waals surface area (Å²) < 4.78 is 7.28. The maximum Gasteiger partial charge on any atom is 0.407 e. The summed E-state index contributed by atoms with van der Waals surface area (Å²) in [7, 11) is 0. The zero-order chi connectivity index (χ0) is 23.4. The molecule has 0 saturated heterocycles. The Bertz CT molecular complexity index is 844. The van der Waals surface area contributed by atoms with Crippen molar-refractivity contribution in [2.24, 2.45) is 4.99 Å². The number of nitrogens with one attached hydrogen (secondary N) is 3. The number of para-hydroxylation sites is 1. The number of guanidine groups is 1. The molecule has 0 bridgehead atoms. The summed E-state index contributed by atoms with van der Waals surface area (Å²) in [6.45, 7) is 11.2. The maximum atomic E-state index is 12.1. The number of unbranched alkanes of at least 4 members (excludes halogenated alkanes) is 1. The first-order chi connectivity index (χ1) is 15.3. The number of benzene rings is 1. The minimum atomic E-state index is -0.526. The second-order valence-electron chi connectivity index (χ2n) is 8.51. The van der Waals surface area contributed by atoms with E-state index in [-0.39, 0.29) is 6.04 Å². The van der Waals surface area contributed by atoms with Crippen molar-refractivity contribution in [1.82, 2.24) is 30.7 Å². The van der Waals surface area contributed by atoms with Gasteiger partial charge >= 0.3 is 6.09 Å². The molecule has 9 heteroatoms. The van der Waals surface area contributed by atoms with Gasteiger partial charge < -0.3 is 20.7 Å². The molecule has 0 aliphatic heterocycles. The maximum absolute atomic E-state index is 12.1. The highest BCUT2D eigenvalue weighted by Gasteiger charge is 2.18. The molecule has 0 aliphatic rings. The average molecular weight is 444 g/mol. The first-order valence-corrected chi connectivity index (χ1v) is 11.3. The Morgan fingerprint density at radius 1 is 1.19 bits per heavy atom. The lowest BCUT2D eigenvalue weighted by Crippen LogP contribution is -2.49. The number of nitrogens with zero attached hydrogens (tertiary/aromatic N) is 4. The highest BCUT2D eigenvalue weighted by atomic mass is 16.6. The van der Waals surface area contributed by atoms with Crippen molar-refractivity contribution in [3.8, 4) is 5.69 Å². The third kappa shape index (κ3) is 8.95. The zero-order valence-electron chi connectivity index (χ0n) is 19.9. The van der Waals surface area contributed by atoms with E-state index >= 15 is 0 Å². The van der Waals surface area contributed by atoms with Crippen LogP contribution in [0.3, 0.4) is 0 Å². The van der Waals surface area contributed by atoms with Crippen LogP contribution in [0.5, 0.6) is 0 Å². The molecule has 0 radical (unpaired) electrons. The third-order valence-corrected chi connectivity index (χ3v) is 4.51. The quantitative estimate of drug-likeness (QED) is 0.384. The van der Waals surface area contributed by atoms with E-state index in [0.717, 1.165) is 37.3 Å². The second-order valence-corrected chi connectivity index (χ2v) is 8.51. The summed E-state index contributed by atoms with van der Waals surface area (Å²) in [6, 6.07) is 9.95. The molecule has 2 rings (SSSR count). The zero-order valence-corrected chi connectivity index (χ0v) is 19.9. The van der Waals surface area contributed by atoms with E-state index in [1.165, 1.54) is 0 Å². The molecule has 1 aromatic heterocycles. The molecule has 0 saturated carbocycles. The number of hydrogen-bond donors (Lipinski definition) is 3. The SMILES string of the molecule is CCCCC(CNC(=O)OC(C)(C)C)NC(=NCc1nncn1-c1ccccc1)NCC. The van der Waals surface area contributed by atoms with Crippen LogP contribution in [-0.2, 0) is 11.3 Å². The fourth-order valence-electron chi connectivity index (χ4n) is 3.03. The van der Waals surface area contributed by atoms with E-state index in [9.17, 15) is 4.79 Å². The first kappa shape index (κ1) is 25.2. The van der Waals surface area contributed by atoms with Crippen LogP contribution in [-0.4, -0.2) is 51.5 Å². The van der Waals surface area contributed by atoms with Gasteiger partial charge in [0.2, 0.25) is 0 Å². The van der Waals surface area contributed by atoms with Gasteiger partial charge in [-0.1, -0.05) is 38.0 Å². The summed E-state index contributed by atoms with van der Waals surface area (Å²) in [5.74, 6) is 1.41. The molecule has 3 N–H and O–H groups in total. The van der Waals surface area contributed by atoms with E-state index in [0.29, 0.717) is 19.0 Å². The number of carbonyl (C=O) groups excluding carboxylic acids is 1. The number of alkyl carbamates (subject to hydrolysis) is 1. The predicted molar refractivity (Wildman–Crippen MR) is 127 cm³/mol. The van der Waals surface area contributed by atoms with Crippen molar-refractivity contribution in [1.29, 1.82) is 0 Å². The van der Waals surface area contributed by atoms with Gasteiger partial charge in [-0.25, -0.2) is 9.79 Å². The number of aliphatic imine (C=N–C) groups is 1. The van der Waals surface area contributed by atoms with Crippen LogP contribution in [0.4, 0.5) is 4.79 Å². The van der Waals surface area contributed by atoms with Gasteiger partial charge in [-0.05, 0) is 46.2 Å². The molecule has 0 spiro atoms. The van der Waals surface area contributed by atoms with Gasteiger partial charge in [0.1, 0.15) is 18.5 Å². The molecule has 32 heavy (non-hydrogen) atoms. The Balaban J connectivity index is 2.05. The molecule has 176 valence electrons. The Hall–Kier alpha value is -3.10. The molecule has 1 atom stereocenters. The van der Waals surface area contributed by atoms with Crippen LogP contribution >= 0.6 is 0 Å². The molecule has 9 nitrogen and oxygen atoms in total. The van der Waals surface area contributed by atoms with E-state index in [4.69, 9.17) is 9.73 Å². The molecular formula is C23H37N7O2. The molecule has 1 amide bonds. The number of aromatic nitrogens is 3. The number of amides is 1. The van der Waals surface area contributed by atoms with E-state index in [1.54, 1.807) is 6.33 Å². The Morgan fingerprint density at radius 3 is 2.59 bits per heavy atom. The second kappa shape index (κ2) is 12.7. The minimum absolute atomic E-state index is 0.0206. The largest absolute Gasteiger partial charge is 0.444 e. The molecule has 2 aromatic rings. The standard InChI is InChI=1S/C23H37N7O2/c1-6-8-12-18(15-26-22(31)32-23(3,4)5)28-21(24-7-2)25-16-20-29-27-17-30(20)19-13-10-9-11-14-19/h9-11,13-14,17-18H,6-8,12,15-16H2,1-5H3,(H,26,31)(H2,24,25,28). The molecular weight excluding hydrogens is 406 g/mol. The van der Waals surface area contributed by atoms with Crippen LogP contribution in [0.1, 0.15) is 59.7 Å². The average Bonchev–Trinajstić information content (AvgIpc) is 3.22. The summed E-state index contributed by atoms with van der Waals surface area (Å²) in [4.78, 5) is 16.8. The Labute approximate surface area is 191 Å². The van der Waals surface area contributed by atoms with Crippen LogP contribution in [0.2, 0.25) is 0 Å². The normalized spacial score (nSPS) is 12.8. The van der Waals surface area contributed by atoms with Gasteiger partial charge in [0, 0.05) is 24.8 Å². The van der Waals surface area contributed by atoms with Crippen molar-refractivity contribution in [3.05, 3.63) is 42.5 Å². The van der Waals surface area contributed by atoms with E-state index < -0.39 is 11.7 Å². The molecule has 0 aliphatic carbocycles. The summed E-state index contributed by atoms with van der Waals surface area (Å²) >= 11 is 0. The number of ether oxygens (including phenoxy) is 1. The van der Waals surface area contributed by atoms with Gasteiger partial charge in [-0.3, -0.25) is 4.57 Å². The van der Waals surface area contributed by atoms with Crippen molar-refractivity contribution in [3.63, 3.8) is 0 Å². The molecule has 1 aromatic carbocycles. The molecule has 1 unspecified atom stereocenters. The van der Waals surface area contributed by atoms with Gasteiger partial charge in [-0.2, -0.15) is 0 Å². The van der Waals surface area contributed by atoms with Crippen LogP contribution in [0.15, 0.2) is 41.7 Å². The van der Waals surface area contributed by atoms with E-state index in [2.05, 4.69) is 33.1 Å². The highest BCUT2D eigenvalue weighted by molar-refractivity contribution is 5.80. The summed E-state index contributed by atoms with van der Waals surface area (Å²) in [5, 5.41) is 17.8. The Kier molecular flexibility index (Phi) is 9.97. The van der Waals surface area contributed by atoms with Crippen LogP contribution in [0.25, 0.3) is 5.69 Å². The number of hydrogen-bond acceptors (Lipinski definition) is 5. The van der Waals surface area contributed by atoms with Crippen molar-refractivity contribution >= 4 is 12.1 Å². The first-order valence-electron chi connectivity index (χ1n) is 11.3. The third-order valence-electron chi connectivity index (χ3n) is 4.51. The number of rotatable bonds is 10. The summed E-state index contributed by atoms with van der Waals surface area (Å²) in [6.07, 6.45) is 4.28. The lowest BCUT2D eigenvalue weighted by Gasteiger charge is -2.24. The van der Waals surface area contributed by atoms with Crippen LogP contribution < -0.4 is 16.0 Å². The summed E-state index contributed by atoms with van der Waals surface area (Å²) in [5.41, 5.74) is 0.463. The van der Waals surface area contributed by atoms with Gasteiger partial charge in [-0.15, -0.1) is 10.2 Å².